The average molecular weight is 454 g/mol. The summed E-state index contributed by atoms with van der Waals surface area (Å²) in [7, 11) is -14.5. The molecule has 2 atom stereocenters. The lowest BCUT2D eigenvalue weighted by Crippen LogP contribution is -2.53. The number of halogens is 10. The summed E-state index contributed by atoms with van der Waals surface area (Å²) in [5.41, 5.74) is 0. The van der Waals surface area contributed by atoms with Gasteiger partial charge in [0.2, 0.25) is 0 Å². The SMILES string of the molecule is CC(OC(F)(F)C(F)(F)S(=O)(=O)F)C(C)OC(F)(F)C(F)(F)S(=O)(=O)F. The second-order valence-corrected chi connectivity index (χ2v) is 7.37. The van der Waals surface area contributed by atoms with E-state index in [4.69, 9.17) is 0 Å². The fourth-order valence-corrected chi connectivity index (χ4v) is 1.74. The first-order chi connectivity index (χ1) is 11.0. The highest BCUT2D eigenvalue weighted by Crippen LogP contribution is 2.44. The van der Waals surface area contributed by atoms with Crippen LogP contribution in [0, 0.1) is 0 Å². The van der Waals surface area contributed by atoms with Gasteiger partial charge in [-0.05, 0) is 13.8 Å². The van der Waals surface area contributed by atoms with Gasteiger partial charge in [-0.1, -0.05) is 7.77 Å². The molecule has 2 unspecified atom stereocenters. The summed E-state index contributed by atoms with van der Waals surface area (Å²) in [6.45, 7) is 0.384. The minimum Gasteiger partial charge on any atom is -0.309 e. The molecule has 0 amide bonds. The van der Waals surface area contributed by atoms with Crippen molar-refractivity contribution in [3.05, 3.63) is 0 Å². The number of hydrogen-bond donors (Lipinski definition) is 0. The third kappa shape index (κ3) is 4.69. The highest BCUT2D eigenvalue weighted by molar-refractivity contribution is 7.87. The molecule has 0 rings (SSSR count). The highest BCUT2D eigenvalue weighted by Gasteiger charge is 2.71. The summed E-state index contributed by atoms with van der Waals surface area (Å²) in [6, 6.07) is 0. The standard InChI is InChI=1S/C8H8F10O6S2/c1-3(23-5(9,10)7(13,14)25(17,19)20)4(2)24-6(11,12)8(15,16)26(18,21)22/h3-4H,1-2H3. The van der Waals surface area contributed by atoms with Gasteiger partial charge in [0.05, 0.1) is 12.2 Å². The lowest BCUT2D eigenvalue weighted by Gasteiger charge is -2.31. The van der Waals surface area contributed by atoms with Crippen LogP contribution in [0.25, 0.3) is 0 Å². The molecule has 6 nitrogen and oxygen atoms in total. The molecular formula is C8H8F10O6S2. The lowest BCUT2D eigenvalue weighted by atomic mass is 10.2. The molecule has 0 saturated heterocycles. The second-order valence-electron chi connectivity index (χ2n) is 4.59. The largest absolute Gasteiger partial charge is 0.464 e. The summed E-state index contributed by atoms with van der Waals surface area (Å²) in [6.07, 6.45) is -17.9. The van der Waals surface area contributed by atoms with Gasteiger partial charge in [-0.2, -0.15) is 52.0 Å². The Kier molecular flexibility index (Phi) is 6.70. The van der Waals surface area contributed by atoms with Gasteiger partial charge in [-0.25, -0.2) is 0 Å². The summed E-state index contributed by atoms with van der Waals surface area (Å²) in [5, 5.41) is -13.0. The lowest BCUT2D eigenvalue weighted by molar-refractivity contribution is -0.372. The summed E-state index contributed by atoms with van der Waals surface area (Å²) >= 11 is 0. The van der Waals surface area contributed by atoms with Crippen molar-refractivity contribution in [3.8, 4) is 0 Å². The summed E-state index contributed by atoms with van der Waals surface area (Å²) < 4.78 is 174. The van der Waals surface area contributed by atoms with Gasteiger partial charge < -0.3 is 9.47 Å². The molecule has 0 saturated carbocycles. The quantitative estimate of drug-likeness (QED) is 0.394. The van der Waals surface area contributed by atoms with E-state index in [2.05, 4.69) is 9.47 Å². The van der Waals surface area contributed by atoms with Gasteiger partial charge in [0.1, 0.15) is 0 Å². The van der Waals surface area contributed by atoms with E-state index in [9.17, 15) is 59.7 Å². The predicted molar refractivity (Wildman–Crippen MR) is 60.9 cm³/mol. The molecule has 26 heavy (non-hydrogen) atoms. The zero-order chi connectivity index (χ0) is 21.6. The van der Waals surface area contributed by atoms with E-state index in [-0.39, 0.29) is 13.8 Å². The second kappa shape index (κ2) is 6.93. The maximum Gasteiger partial charge on any atom is 0.464 e. The van der Waals surface area contributed by atoms with Crippen LogP contribution in [-0.2, 0) is 29.9 Å². The Morgan fingerprint density at radius 1 is 0.615 bits per heavy atom. The number of hydrogen-bond acceptors (Lipinski definition) is 6. The van der Waals surface area contributed by atoms with Crippen molar-refractivity contribution in [1.82, 2.24) is 0 Å². The van der Waals surface area contributed by atoms with E-state index in [1.807, 2.05) is 0 Å². The Labute approximate surface area is 139 Å². The zero-order valence-corrected chi connectivity index (χ0v) is 13.8. The molecule has 0 aromatic carbocycles. The molecule has 18 heteroatoms. The molecule has 0 radical (unpaired) electrons. The Morgan fingerprint density at radius 2 is 0.808 bits per heavy atom. The van der Waals surface area contributed by atoms with Crippen LogP contribution >= 0.6 is 0 Å². The predicted octanol–water partition coefficient (Wildman–Crippen LogP) is 2.77. The van der Waals surface area contributed by atoms with Crippen LogP contribution in [0.1, 0.15) is 13.8 Å². The first-order valence-corrected chi connectivity index (χ1v) is 8.53. The smallest absolute Gasteiger partial charge is 0.309 e. The van der Waals surface area contributed by atoms with Crippen molar-refractivity contribution in [2.75, 3.05) is 0 Å². The maximum absolute atomic E-state index is 13.0. The molecular weight excluding hydrogens is 446 g/mol. The topological polar surface area (TPSA) is 86.7 Å². The fourth-order valence-electron chi connectivity index (χ4n) is 1.08. The minimum absolute atomic E-state index is 0.192. The van der Waals surface area contributed by atoms with E-state index in [1.54, 1.807) is 0 Å². The van der Waals surface area contributed by atoms with Crippen molar-refractivity contribution in [1.29, 1.82) is 0 Å². The first-order valence-electron chi connectivity index (χ1n) is 5.76. The molecule has 0 aliphatic carbocycles. The molecule has 0 fully saturated rings. The molecule has 0 aliphatic heterocycles. The van der Waals surface area contributed by atoms with Crippen LogP contribution in [0.2, 0.25) is 0 Å². The molecule has 158 valence electrons. The van der Waals surface area contributed by atoms with Crippen LogP contribution in [0.4, 0.5) is 42.9 Å². The Hall–Kier alpha value is -0.880. The van der Waals surface area contributed by atoms with Crippen molar-refractivity contribution in [2.45, 2.75) is 48.8 Å². The first kappa shape index (κ1) is 25.1. The van der Waals surface area contributed by atoms with Crippen molar-refractivity contribution < 1.29 is 69.2 Å². The zero-order valence-electron chi connectivity index (χ0n) is 12.2. The van der Waals surface area contributed by atoms with E-state index in [1.165, 1.54) is 0 Å². The Balaban J connectivity index is 5.47. The highest BCUT2D eigenvalue weighted by atomic mass is 32.3. The summed E-state index contributed by atoms with van der Waals surface area (Å²) in [4.78, 5) is 0. The van der Waals surface area contributed by atoms with Crippen LogP contribution in [0.3, 0.4) is 0 Å². The number of alkyl halides is 8. The van der Waals surface area contributed by atoms with Gasteiger partial charge in [0.15, 0.2) is 0 Å². The van der Waals surface area contributed by atoms with Gasteiger partial charge in [0, 0.05) is 0 Å². The molecule has 0 aromatic heterocycles. The van der Waals surface area contributed by atoms with E-state index >= 15 is 0 Å². The van der Waals surface area contributed by atoms with Crippen LogP contribution in [0.5, 0.6) is 0 Å². The molecule has 0 spiro atoms. The van der Waals surface area contributed by atoms with E-state index in [0.29, 0.717) is 0 Å². The molecule has 0 N–H and O–H groups in total. The third-order valence-corrected chi connectivity index (χ3v) is 4.32. The van der Waals surface area contributed by atoms with Crippen LogP contribution in [-0.4, -0.2) is 51.8 Å². The van der Waals surface area contributed by atoms with Gasteiger partial charge in [-0.3, -0.25) is 0 Å². The van der Waals surface area contributed by atoms with Crippen LogP contribution in [0.15, 0.2) is 0 Å². The monoisotopic (exact) mass is 454 g/mol. The molecule has 0 heterocycles. The third-order valence-electron chi connectivity index (χ3n) is 2.62. The number of ether oxygens (including phenoxy) is 2. The minimum atomic E-state index is -7.26. The van der Waals surface area contributed by atoms with Crippen LogP contribution < -0.4 is 0 Å². The summed E-state index contributed by atoms with van der Waals surface area (Å²) in [5.74, 6) is 0. The van der Waals surface area contributed by atoms with Crippen molar-refractivity contribution >= 4 is 20.4 Å². The fraction of sp³-hybridized carbons (Fsp3) is 1.00. The normalized spacial score (nSPS) is 17.8. The molecule has 0 aromatic rings. The van der Waals surface area contributed by atoms with E-state index in [0.717, 1.165) is 0 Å². The van der Waals surface area contributed by atoms with Gasteiger partial charge >= 0.3 is 43.2 Å². The maximum atomic E-state index is 13.0. The Morgan fingerprint density at radius 3 is 0.962 bits per heavy atom. The van der Waals surface area contributed by atoms with Crippen molar-refractivity contribution in [2.24, 2.45) is 0 Å². The van der Waals surface area contributed by atoms with Gasteiger partial charge in [0.25, 0.3) is 0 Å². The van der Waals surface area contributed by atoms with E-state index < -0.39 is 55.4 Å². The molecule has 0 bridgehead atoms. The number of rotatable bonds is 9. The average Bonchev–Trinajstić information content (AvgIpc) is 2.34. The van der Waals surface area contributed by atoms with Gasteiger partial charge in [-0.15, -0.1) is 0 Å². The molecule has 0 aliphatic rings. The Bertz CT molecular complexity index is 656. The van der Waals surface area contributed by atoms with Crippen molar-refractivity contribution in [3.63, 3.8) is 0 Å².